The van der Waals surface area contributed by atoms with Crippen molar-refractivity contribution in [2.45, 2.75) is 18.4 Å². The van der Waals surface area contributed by atoms with E-state index in [1.54, 1.807) is 0 Å². The molecule has 36 heavy (non-hydrogen) atoms. The molecule has 0 aliphatic carbocycles. The quantitative estimate of drug-likeness (QED) is 0.205. The highest BCUT2D eigenvalue weighted by Crippen LogP contribution is 2.42. The third-order valence-corrected chi connectivity index (χ3v) is 6.52. The highest BCUT2D eigenvalue weighted by molar-refractivity contribution is 5.71. The monoisotopic (exact) mass is 472 g/mol. The number of carbonyl (C=O) groups excluding carboxylic acids is 1. The van der Waals surface area contributed by atoms with Gasteiger partial charge in [-0.2, -0.15) is 0 Å². The number of aromatic nitrogens is 2. The number of carbonyl (C=O) groups is 1. The number of benzene rings is 4. The molecule has 0 spiro atoms. The van der Waals surface area contributed by atoms with Gasteiger partial charge in [-0.15, -0.1) is 0 Å². The van der Waals surface area contributed by atoms with Crippen LogP contribution in [0, 0.1) is 0 Å². The fraction of sp³-hybridized carbons (Fsp3) is 0.125. The first-order valence-corrected chi connectivity index (χ1v) is 12.1. The standard InChI is InChI=1S/C32H28N2O2/c1-36-31(35)23-29-24-34(30(33-29)22-25-14-6-2-7-15-25)32(26-16-8-3-9-17-26,27-18-10-4-11-19-27)28-20-12-5-13-21-28/h2-21,24H,22-23H2,1H3. The zero-order chi connectivity index (χ0) is 24.8. The van der Waals surface area contributed by atoms with Crippen molar-refractivity contribution in [2.24, 2.45) is 0 Å². The molecular weight excluding hydrogens is 444 g/mol. The highest BCUT2D eigenvalue weighted by Gasteiger charge is 2.40. The predicted molar refractivity (Wildman–Crippen MR) is 142 cm³/mol. The Kier molecular flexibility index (Phi) is 6.76. The number of ether oxygens (including phenoxy) is 1. The van der Waals surface area contributed by atoms with E-state index in [4.69, 9.17) is 9.72 Å². The maximum Gasteiger partial charge on any atom is 0.311 e. The van der Waals surface area contributed by atoms with Gasteiger partial charge in [-0.05, 0) is 22.3 Å². The molecule has 4 aromatic carbocycles. The van der Waals surface area contributed by atoms with Gasteiger partial charge in [0.05, 0.1) is 19.2 Å². The Bertz CT molecular complexity index is 1320. The molecule has 1 heterocycles. The van der Waals surface area contributed by atoms with Crippen molar-refractivity contribution >= 4 is 5.97 Å². The molecule has 178 valence electrons. The largest absolute Gasteiger partial charge is 0.469 e. The first-order valence-electron chi connectivity index (χ1n) is 12.1. The Morgan fingerprint density at radius 3 is 1.61 bits per heavy atom. The first kappa shape index (κ1) is 23.3. The fourth-order valence-corrected chi connectivity index (χ4v) is 4.93. The summed E-state index contributed by atoms with van der Waals surface area (Å²) in [4.78, 5) is 17.2. The molecule has 0 bridgehead atoms. The summed E-state index contributed by atoms with van der Waals surface area (Å²) in [5, 5.41) is 0. The molecule has 4 heteroatoms. The summed E-state index contributed by atoms with van der Waals surface area (Å²) < 4.78 is 7.22. The average Bonchev–Trinajstić information content (AvgIpc) is 3.33. The van der Waals surface area contributed by atoms with Crippen LogP contribution in [0.1, 0.15) is 33.8 Å². The van der Waals surface area contributed by atoms with Crippen LogP contribution in [0.15, 0.2) is 128 Å². The second kappa shape index (κ2) is 10.4. The Balaban J connectivity index is 1.83. The van der Waals surface area contributed by atoms with Gasteiger partial charge >= 0.3 is 5.97 Å². The molecule has 0 atom stereocenters. The van der Waals surface area contributed by atoms with Crippen LogP contribution in [0.4, 0.5) is 0 Å². The minimum Gasteiger partial charge on any atom is -0.469 e. The van der Waals surface area contributed by atoms with Crippen LogP contribution in [0.2, 0.25) is 0 Å². The molecular formula is C32H28N2O2. The lowest BCUT2D eigenvalue weighted by molar-refractivity contribution is -0.139. The van der Waals surface area contributed by atoms with Crippen LogP contribution >= 0.6 is 0 Å². The molecule has 5 rings (SSSR count). The van der Waals surface area contributed by atoms with E-state index in [-0.39, 0.29) is 12.4 Å². The minimum absolute atomic E-state index is 0.111. The Hall–Kier alpha value is -4.44. The summed E-state index contributed by atoms with van der Waals surface area (Å²) in [5.41, 5.74) is 4.46. The fourth-order valence-electron chi connectivity index (χ4n) is 4.93. The molecule has 0 N–H and O–H groups in total. The summed E-state index contributed by atoms with van der Waals surface area (Å²) in [6.07, 6.45) is 2.75. The van der Waals surface area contributed by atoms with Crippen molar-refractivity contribution in [3.05, 3.63) is 161 Å². The van der Waals surface area contributed by atoms with E-state index in [2.05, 4.69) is 89.5 Å². The molecule has 0 aliphatic rings. The van der Waals surface area contributed by atoms with Crippen LogP contribution in [-0.4, -0.2) is 22.6 Å². The van der Waals surface area contributed by atoms with Crippen LogP contribution in [0.25, 0.3) is 0 Å². The van der Waals surface area contributed by atoms with Crippen LogP contribution in [-0.2, 0) is 27.9 Å². The van der Waals surface area contributed by atoms with Crippen LogP contribution < -0.4 is 0 Å². The Labute approximate surface area is 211 Å². The lowest BCUT2D eigenvalue weighted by Gasteiger charge is -2.38. The van der Waals surface area contributed by atoms with E-state index in [9.17, 15) is 4.79 Å². The third-order valence-electron chi connectivity index (χ3n) is 6.52. The topological polar surface area (TPSA) is 44.1 Å². The van der Waals surface area contributed by atoms with Gasteiger partial charge in [0.25, 0.3) is 0 Å². The molecule has 0 saturated heterocycles. The Morgan fingerprint density at radius 2 is 1.17 bits per heavy atom. The van der Waals surface area contributed by atoms with Crippen LogP contribution in [0.5, 0.6) is 0 Å². The number of methoxy groups -OCH3 is 1. The number of nitrogens with zero attached hydrogens (tertiary/aromatic N) is 2. The highest BCUT2D eigenvalue weighted by atomic mass is 16.5. The molecule has 0 aliphatic heterocycles. The molecule has 4 nitrogen and oxygen atoms in total. The molecule has 1 aromatic heterocycles. The van der Waals surface area contributed by atoms with E-state index in [1.807, 2.05) is 42.6 Å². The van der Waals surface area contributed by atoms with Gasteiger partial charge in [-0.3, -0.25) is 4.79 Å². The third kappa shape index (κ3) is 4.46. The molecule has 0 saturated carbocycles. The van der Waals surface area contributed by atoms with E-state index in [1.165, 1.54) is 7.11 Å². The second-order valence-electron chi connectivity index (χ2n) is 8.74. The summed E-state index contributed by atoms with van der Waals surface area (Å²) in [6.45, 7) is 0. The van der Waals surface area contributed by atoms with E-state index >= 15 is 0 Å². The van der Waals surface area contributed by atoms with Gasteiger partial charge in [0.1, 0.15) is 11.4 Å². The average molecular weight is 473 g/mol. The zero-order valence-electron chi connectivity index (χ0n) is 20.2. The maximum atomic E-state index is 12.2. The summed E-state index contributed by atoms with van der Waals surface area (Å²) in [7, 11) is 1.41. The van der Waals surface area contributed by atoms with E-state index in [0.717, 1.165) is 28.1 Å². The lowest BCUT2D eigenvalue weighted by atomic mass is 9.76. The summed E-state index contributed by atoms with van der Waals surface area (Å²) >= 11 is 0. The van der Waals surface area contributed by atoms with Gasteiger partial charge in [-0.25, -0.2) is 4.98 Å². The zero-order valence-corrected chi connectivity index (χ0v) is 20.2. The number of esters is 1. The maximum absolute atomic E-state index is 12.2. The SMILES string of the molecule is COC(=O)Cc1cn(C(c2ccccc2)(c2ccccc2)c2ccccc2)c(Cc2ccccc2)n1. The van der Waals surface area contributed by atoms with E-state index in [0.29, 0.717) is 12.1 Å². The molecule has 0 unspecified atom stereocenters. The van der Waals surface area contributed by atoms with Gasteiger partial charge in [0.2, 0.25) is 0 Å². The van der Waals surface area contributed by atoms with Gasteiger partial charge in [0.15, 0.2) is 0 Å². The number of hydrogen-bond donors (Lipinski definition) is 0. The number of rotatable bonds is 8. The summed E-state index contributed by atoms with van der Waals surface area (Å²) in [6, 6.07) is 41.8. The van der Waals surface area contributed by atoms with Gasteiger partial charge < -0.3 is 9.30 Å². The van der Waals surface area contributed by atoms with Crippen molar-refractivity contribution in [3.63, 3.8) is 0 Å². The van der Waals surface area contributed by atoms with Crippen molar-refractivity contribution in [2.75, 3.05) is 7.11 Å². The Morgan fingerprint density at radius 1 is 0.722 bits per heavy atom. The second-order valence-corrected chi connectivity index (χ2v) is 8.74. The summed E-state index contributed by atoms with van der Waals surface area (Å²) in [5.74, 6) is 0.562. The molecule has 0 amide bonds. The van der Waals surface area contributed by atoms with E-state index < -0.39 is 5.54 Å². The minimum atomic E-state index is -0.699. The van der Waals surface area contributed by atoms with Crippen molar-refractivity contribution < 1.29 is 9.53 Å². The van der Waals surface area contributed by atoms with Crippen LogP contribution in [0.3, 0.4) is 0 Å². The molecule has 0 radical (unpaired) electrons. The first-order chi connectivity index (χ1) is 17.7. The number of imidazole rings is 1. The van der Waals surface area contributed by atoms with Gasteiger partial charge in [-0.1, -0.05) is 121 Å². The van der Waals surface area contributed by atoms with Crippen molar-refractivity contribution in [1.82, 2.24) is 9.55 Å². The smallest absolute Gasteiger partial charge is 0.311 e. The molecule has 0 fully saturated rings. The lowest BCUT2D eigenvalue weighted by Crippen LogP contribution is -2.38. The normalized spacial score (nSPS) is 11.2. The van der Waals surface area contributed by atoms with Crippen molar-refractivity contribution in [1.29, 1.82) is 0 Å². The predicted octanol–water partition coefficient (Wildman–Crippen LogP) is 6.03. The van der Waals surface area contributed by atoms with Gasteiger partial charge in [0, 0.05) is 12.6 Å². The van der Waals surface area contributed by atoms with Crippen molar-refractivity contribution in [3.8, 4) is 0 Å². The molecule has 5 aromatic rings. The number of hydrogen-bond acceptors (Lipinski definition) is 3.